The van der Waals surface area contributed by atoms with E-state index in [1.54, 1.807) is 0 Å². The van der Waals surface area contributed by atoms with Gasteiger partial charge in [0.2, 0.25) is 0 Å². The molecule has 1 saturated heterocycles. The minimum Gasteiger partial charge on any atom is -0.360 e. The Bertz CT molecular complexity index is 498. The van der Waals surface area contributed by atoms with Gasteiger partial charge < -0.3 is 10.3 Å². The quantitative estimate of drug-likeness (QED) is 0.779. The molecule has 1 aromatic heterocycles. The highest BCUT2D eigenvalue weighted by molar-refractivity contribution is 6.35. The number of aromatic nitrogens is 1. The van der Waals surface area contributed by atoms with Crippen LogP contribution in [-0.4, -0.2) is 18.1 Å². The van der Waals surface area contributed by atoms with E-state index in [0.29, 0.717) is 5.92 Å². The highest BCUT2D eigenvalue weighted by Crippen LogP contribution is 2.31. The lowest BCUT2D eigenvalue weighted by atomic mass is 9.90. The van der Waals surface area contributed by atoms with Crippen molar-refractivity contribution in [3.8, 4) is 0 Å². The van der Waals surface area contributed by atoms with Gasteiger partial charge in [0.1, 0.15) is 0 Å². The summed E-state index contributed by atoms with van der Waals surface area (Å²) in [6.45, 7) is 2.24. The van der Waals surface area contributed by atoms with Crippen molar-refractivity contribution in [1.82, 2.24) is 10.3 Å². The van der Waals surface area contributed by atoms with E-state index >= 15 is 0 Å². The van der Waals surface area contributed by atoms with E-state index in [1.807, 2.05) is 6.20 Å². The van der Waals surface area contributed by atoms with Crippen LogP contribution in [0.4, 0.5) is 0 Å². The first-order valence-corrected chi connectivity index (χ1v) is 6.19. The average molecular weight is 235 g/mol. The molecule has 2 N–H and O–H groups in total. The van der Waals surface area contributed by atoms with Crippen LogP contribution in [0, 0.1) is 0 Å². The van der Waals surface area contributed by atoms with Crippen LogP contribution >= 0.6 is 11.6 Å². The standard InChI is InChI=1S/C13H15ClN2/c14-12-8-11(9-1-4-15-5-2-9)7-10-3-6-16-13(10)12/h3,6-9,15-16H,1-2,4-5H2. The number of rotatable bonds is 1. The summed E-state index contributed by atoms with van der Waals surface area (Å²) in [5.74, 6) is 0.665. The number of piperidine rings is 1. The first kappa shape index (κ1) is 10.2. The highest BCUT2D eigenvalue weighted by atomic mass is 35.5. The number of aromatic amines is 1. The van der Waals surface area contributed by atoms with Crippen molar-refractivity contribution in [3.05, 3.63) is 35.0 Å². The second kappa shape index (κ2) is 4.11. The van der Waals surface area contributed by atoms with E-state index in [-0.39, 0.29) is 0 Å². The molecule has 0 aliphatic carbocycles. The molecule has 16 heavy (non-hydrogen) atoms. The lowest BCUT2D eigenvalue weighted by Crippen LogP contribution is -2.26. The molecule has 1 aromatic carbocycles. The number of nitrogens with one attached hydrogen (secondary N) is 2. The Labute approximate surface area is 100.0 Å². The average Bonchev–Trinajstić information content (AvgIpc) is 2.79. The largest absolute Gasteiger partial charge is 0.360 e. The fourth-order valence-corrected chi connectivity index (χ4v) is 2.83. The van der Waals surface area contributed by atoms with Gasteiger partial charge in [-0.3, -0.25) is 0 Å². The van der Waals surface area contributed by atoms with Gasteiger partial charge in [-0.05, 0) is 55.6 Å². The van der Waals surface area contributed by atoms with Crippen molar-refractivity contribution in [3.63, 3.8) is 0 Å². The lowest BCUT2D eigenvalue weighted by molar-refractivity contribution is 0.460. The van der Waals surface area contributed by atoms with Crippen LogP contribution in [0.3, 0.4) is 0 Å². The molecule has 0 atom stereocenters. The molecule has 2 heterocycles. The van der Waals surface area contributed by atoms with E-state index in [9.17, 15) is 0 Å². The van der Waals surface area contributed by atoms with Crippen molar-refractivity contribution in [1.29, 1.82) is 0 Å². The van der Waals surface area contributed by atoms with Crippen molar-refractivity contribution in [2.45, 2.75) is 18.8 Å². The van der Waals surface area contributed by atoms with Crippen LogP contribution < -0.4 is 5.32 Å². The van der Waals surface area contributed by atoms with Crippen molar-refractivity contribution in [2.24, 2.45) is 0 Å². The van der Waals surface area contributed by atoms with Crippen LogP contribution in [0.25, 0.3) is 10.9 Å². The third kappa shape index (κ3) is 1.72. The molecular formula is C13H15ClN2. The highest BCUT2D eigenvalue weighted by Gasteiger charge is 2.16. The van der Waals surface area contributed by atoms with Crippen LogP contribution in [0.2, 0.25) is 5.02 Å². The Kier molecular flexibility index (Phi) is 2.62. The number of fused-ring (bicyclic) bond motifs is 1. The summed E-state index contributed by atoms with van der Waals surface area (Å²) in [5, 5.41) is 5.46. The molecule has 0 unspecified atom stereocenters. The third-order valence-corrected chi connectivity index (χ3v) is 3.74. The summed E-state index contributed by atoms with van der Waals surface area (Å²) < 4.78 is 0. The SMILES string of the molecule is Clc1cc(C2CCNCC2)cc2cc[nH]c12. The molecule has 1 aliphatic heterocycles. The second-order valence-electron chi connectivity index (χ2n) is 4.47. The van der Waals surface area contributed by atoms with Gasteiger partial charge in [0.15, 0.2) is 0 Å². The van der Waals surface area contributed by atoms with Crippen molar-refractivity contribution >= 4 is 22.5 Å². The molecule has 3 rings (SSSR count). The van der Waals surface area contributed by atoms with Crippen molar-refractivity contribution in [2.75, 3.05) is 13.1 Å². The van der Waals surface area contributed by atoms with Crippen LogP contribution in [0.15, 0.2) is 24.4 Å². The van der Waals surface area contributed by atoms with Crippen molar-refractivity contribution < 1.29 is 0 Å². The molecule has 0 saturated carbocycles. The molecule has 1 fully saturated rings. The van der Waals surface area contributed by atoms with E-state index in [0.717, 1.165) is 23.6 Å². The number of hydrogen-bond acceptors (Lipinski definition) is 1. The zero-order valence-electron chi connectivity index (χ0n) is 9.09. The van der Waals surface area contributed by atoms with Crippen LogP contribution in [0.1, 0.15) is 24.3 Å². The monoisotopic (exact) mass is 234 g/mol. The van der Waals surface area contributed by atoms with Crippen LogP contribution in [-0.2, 0) is 0 Å². The lowest BCUT2D eigenvalue weighted by Gasteiger charge is -2.23. The Morgan fingerprint density at radius 1 is 1.19 bits per heavy atom. The summed E-state index contributed by atoms with van der Waals surface area (Å²) in [6.07, 6.45) is 4.38. The van der Waals surface area contributed by atoms with Gasteiger partial charge in [0.25, 0.3) is 0 Å². The van der Waals surface area contributed by atoms with Gasteiger partial charge in [-0.15, -0.1) is 0 Å². The first-order chi connectivity index (χ1) is 7.84. The molecule has 84 valence electrons. The molecule has 3 heteroatoms. The van der Waals surface area contributed by atoms with Gasteiger partial charge in [-0.25, -0.2) is 0 Å². The summed E-state index contributed by atoms with van der Waals surface area (Å²) in [7, 11) is 0. The normalized spacial score (nSPS) is 18.1. The van der Waals surface area contributed by atoms with E-state index in [2.05, 4.69) is 28.5 Å². The summed E-state index contributed by atoms with van der Waals surface area (Å²) in [6, 6.07) is 6.48. The maximum absolute atomic E-state index is 6.28. The van der Waals surface area contributed by atoms with Gasteiger partial charge in [0, 0.05) is 11.6 Å². The van der Waals surface area contributed by atoms with E-state index in [1.165, 1.54) is 23.8 Å². The number of halogens is 1. The molecule has 0 radical (unpaired) electrons. The third-order valence-electron chi connectivity index (χ3n) is 3.44. The Morgan fingerprint density at radius 2 is 2.00 bits per heavy atom. The maximum atomic E-state index is 6.28. The molecule has 0 spiro atoms. The fraction of sp³-hybridized carbons (Fsp3) is 0.385. The number of H-pyrrole nitrogens is 1. The zero-order valence-corrected chi connectivity index (χ0v) is 9.85. The molecule has 2 aromatic rings. The Morgan fingerprint density at radius 3 is 2.81 bits per heavy atom. The predicted molar refractivity (Wildman–Crippen MR) is 68.2 cm³/mol. The minimum absolute atomic E-state index is 0.665. The maximum Gasteiger partial charge on any atom is 0.0649 e. The van der Waals surface area contributed by atoms with E-state index in [4.69, 9.17) is 11.6 Å². The van der Waals surface area contributed by atoms with Gasteiger partial charge >= 0.3 is 0 Å². The Balaban J connectivity index is 2.02. The summed E-state index contributed by atoms with van der Waals surface area (Å²) in [5.41, 5.74) is 2.44. The van der Waals surface area contributed by atoms with Gasteiger partial charge in [-0.2, -0.15) is 0 Å². The minimum atomic E-state index is 0.665. The summed E-state index contributed by atoms with van der Waals surface area (Å²) >= 11 is 6.28. The Hall–Kier alpha value is -0.990. The second-order valence-corrected chi connectivity index (χ2v) is 4.88. The molecule has 1 aliphatic rings. The summed E-state index contributed by atoms with van der Waals surface area (Å²) in [4.78, 5) is 3.17. The number of benzene rings is 1. The van der Waals surface area contributed by atoms with Gasteiger partial charge in [0.05, 0.1) is 10.5 Å². The predicted octanol–water partition coefficient (Wildman–Crippen LogP) is 3.29. The molecule has 0 bridgehead atoms. The zero-order chi connectivity index (χ0) is 11.0. The number of hydrogen-bond donors (Lipinski definition) is 2. The molecule has 0 amide bonds. The smallest absolute Gasteiger partial charge is 0.0649 e. The molecule has 2 nitrogen and oxygen atoms in total. The van der Waals surface area contributed by atoms with E-state index < -0.39 is 0 Å². The topological polar surface area (TPSA) is 27.8 Å². The first-order valence-electron chi connectivity index (χ1n) is 5.82. The van der Waals surface area contributed by atoms with Gasteiger partial charge in [-0.1, -0.05) is 11.6 Å². The fourth-order valence-electron chi connectivity index (χ4n) is 2.54. The molecular weight excluding hydrogens is 220 g/mol. The van der Waals surface area contributed by atoms with Crippen LogP contribution in [0.5, 0.6) is 0 Å².